The van der Waals surface area contributed by atoms with E-state index in [-0.39, 0.29) is 6.35 Å². The van der Waals surface area contributed by atoms with Crippen molar-refractivity contribution in [1.82, 2.24) is 0 Å². The molecule has 0 spiro atoms. The van der Waals surface area contributed by atoms with Crippen LogP contribution >= 0.6 is 7.37 Å². The van der Waals surface area contributed by atoms with Crippen LogP contribution in [0.3, 0.4) is 0 Å². The van der Waals surface area contributed by atoms with Crippen molar-refractivity contribution in [3.05, 3.63) is 30.3 Å². The van der Waals surface area contributed by atoms with Crippen molar-refractivity contribution in [2.75, 3.05) is 13.5 Å². The van der Waals surface area contributed by atoms with Crippen molar-refractivity contribution in [3.63, 3.8) is 0 Å². The molecule has 0 aromatic heterocycles. The van der Waals surface area contributed by atoms with Gasteiger partial charge in [0, 0.05) is 12.4 Å². The number of ether oxygens (including phenoxy) is 1. The number of benzene rings is 1. The third-order valence-corrected chi connectivity index (χ3v) is 3.18. The lowest BCUT2D eigenvalue weighted by Crippen LogP contribution is -2.07. The van der Waals surface area contributed by atoms with Crippen molar-refractivity contribution in [1.29, 1.82) is 0 Å². The number of hydrogen-bond donors (Lipinski definition) is 1. The highest BCUT2D eigenvalue weighted by Crippen LogP contribution is 2.38. The Labute approximate surface area is 71.4 Å². The fourth-order valence-corrected chi connectivity index (χ4v) is 2.05. The second-order valence-corrected chi connectivity index (χ2v) is 4.63. The van der Waals surface area contributed by atoms with Gasteiger partial charge in [-0.2, -0.15) is 0 Å². The van der Waals surface area contributed by atoms with Crippen LogP contribution in [-0.2, 0) is 9.30 Å². The van der Waals surface area contributed by atoms with Gasteiger partial charge in [-0.15, -0.1) is 0 Å². The van der Waals surface area contributed by atoms with Gasteiger partial charge in [-0.05, 0) is 12.1 Å². The minimum absolute atomic E-state index is 0.128. The zero-order valence-electron chi connectivity index (χ0n) is 6.80. The largest absolute Gasteiger partial charge is 0.374 e. The quantitative estimate of drug-likeness (QED) is 0.721. The summed E-state index contributed by atoms with van der Waals surface area (Å²) in [6.07, 6.45) is -0.128. The summed E-state index contributed by atoms with van der Waals surface area (Å²) in [5, 5.41) is 0.437. The smallest absolute Gasteiger partial charge is 0.254 e. The molecule has 1 aromatic rings. The predicted octanol–water partition coefficient (Wildman–Crippen LogP) is 1.19. The Morgan fingerprint density at radius 2 is 2.00 bits per heavy atom. The van der Waals surface area contributed by atoms with Crippen molar-refractivity contribution >= 4 is 12.7 Å². The monoisotopic (exact) mass is 186 g/mol. The summed E-state index contributed by atoms with van der Waals surface area (Å²) in [5.74, 6) is 0. The lowest BCUT2D eigenvalue weighted by Gasteiger charge is -2.09. The Kier molecular flexibility index (Phi) is 3.04. The normalized spacial score (nSPS) is 15.5. The molecule has 1 unspecified atom stereocenters. The molecule has 12 heavy (non-hydrogen) atoms. The van der Waals surface area contributed by atoms with Crippen LogP contribution in [0.5, 0.6) is 0 Å². The molecule has 1 aromatic carbocycles. The van der Waals surface area contributed by atoms with Crippen molar-refractivity contribution in [2.45, 2.75) is 0 Å². The zero-order chi connectivity index (χ0) is 9.03. The number of methoxy groups -OCH3 is 1. The van der Waals surface area contributed by atoms with E-state index in [2.05, 4.69) is 4.74 Å². The highest BCUT2D eigenvalue weighted by molar-refractivity contribution is 7.65. The Morgan fingerprint density at radius 3 is 2.50 bits per heavy atom. The molecular weight excluding hydrogens is 175 g/mol. The summed E-state index contributed by atoms with van der Waals surface area (Å²) in [4.78, 5) is 9.42. The summed E-state index contributed by atoms with van der Waals surface area (Å²) in [6, 6.07) is 8.51. The van der Waals surface area contributed by atoms with Gasteiger partial charge in [0.1, 0.15) is 6.35 Å². The van der Waals surface area contributed by atoms with Crippen molar-refractivity contribution in [3.8, 4) is 0 Å². The predicted molar refractivity (Wildman–Crippen MR) is 47.8 cm³/mol. The molecule has 3 nitrogen and oxygen atoms in total. The summed E-state index contributed by atoms with van der Waals surface area (Å²) in [5.41, 5.74) is 0. The van der Waals surface area contributed by atoms with Gasteiger partial charge in [0.25, 0.3) is 7.37 Å². The van der Waals surface area contributed by atoms with Gasteiger partial charge in [0.15, 0.2) is 0 Å². The first kappa shape index (κ1) is 9.46. The van der Waals surface area contributed by atoms with Crippen molar-refractivity contribution in [2.24, 2.45) is 0 Å². The van der Waals surface area contributed by atoms with E-state index < -0.39 is 7.37 Å². The van der Waals surface area contributed by atoms with Crippen LogP contribution in [0.25, 0.3) is 0 Å². The van der Waals surface area contributed by atoms with Crippen LogP contribution < -0.4 is 5.30 Å². The van der Waals surface area contributed by atoms with Gasteiger partial charge in [-0.25, -0.2) is 0 Å². The Balaban J connectivity index is 2.90. The SMILES string of the molecule is COCP(=O)(O)c1ccccc1. The van der Waals surface area contributed by atoms with Crippen LogP contribution in [0.15, 0.2) is 30.3 Å². The number of hydrogen-bond acceptors (Lipinski definition) is 2. The molecule has 0 amide bonds. The van der Waals surface area contributed by atoms with Gasteiger partial charge in [0.05, 0.1) is 0 Å². The van der Waals surface area contributed by atoms with E-state index >= 15 is 0 Å². The molecule has 0 aliphatic rings. The average molecular weight is 186 g/mol. The summed E-state index contributed by atoms with van der Waals surface area (Å²) in [6.45, 7) is 0. The molecule has 0 aliphatic heterocycles. The molecule has 4 heteroatoms. The van der Waals surface area contributed by atoms with E-state index in [1.165, 1.54) is 7.11 Å². The second-order valence-electron chi connectivity index (χ2n) is 2.45. The van der Waals surface area contributed by atoms with Gasteiger partial charge in [-0.3, -0.25) is 4.57 Å². The van der Waals surface area contributed by atoms with Crippen LogP contribution in [0.4, 0.5) is 0 Å². The minimum atomic E-state index is -3.27. The van der Waals surface area contributed by atoms with E-state index in [1.54, 1.807) is 30.3 Å². The van der Waals surface area contributed by atoms with Crippen LogP contribution in [0.1, 0.15) is 0 Å². The Hall–Kier alpha value is -0.630. The molecule has 0 fully saturated rings. The molecule has 0 saturated carbocycles. The zero-order valence-corrected chi connectivity index (χ0v) is 7.70. The molecule has 0 radical (unpaired) electrons. The van der Waals surface area contributed by atoms with Crippen molar-refractivity contribution < 1.29 is 14.2 Å². The Morgan fingerprint density at radius 1 is 1.42 bits per heavy atom. The standard InChI is InChI=1S/C8H11O3P/c1-11-7-12(9,10)8-5-3-2-4-6-8/h2-6H,7H2,1H3,(H,9,10). The first-order chi connectivity index (χ1) is 5.67. The molecule has 1 atom stereocenters. The molecule has 0 heterocycles. The summed E-state index contributed by atoms with van der Waals surface area (Å²) in [7, 11) is -1.86. The minimum Gasteiger partial charge on any atom is -0.374 e. The van der Waals surface area contributed by atoms with E-state index in [0.29, 0.717) is 5.30 Å². The highest BCUT2D eigenvalue weighted by atomic mass is 31.2. The molecule has 1 N–H and O–H groups in total. The van der Waals surface area contributed by atoms with Gasteiger partial charge >= 0.3 is 0 Å². The highest BCUT2D eigenvalue weighted by Gasteiger charge is 2.19. The lowest BCUT2D eigenvalue weighted by molar-refractivity contribution is 0.240. The topological polar surface area (TPSA) is 46.5 Å². The number of rotatable bonds is 3. The fraction of sp³-hybridized carbons (Fsp3) is 0.250. The van der Waals surface area contributed by atoms with Crippen LogP contribution in [0, 0.1) is 0 Å². The maximum atomic E-state index is 11.4. The van der Waals surface area contributed by atoms with E-state index in [4.69, 9.17) is 0 Å². The molecule has 0 bridgehead atoms. The van der Waals surface area contributed by atoms with E-state index in [0.717, 1.165) is 0 Å². The maximum absolute atomic E-state index is 11.4. The third kappa shape index (κ3) is 2.18. The average Bonchev–Trinajstić information content (AvgIpc) is 2.06. The third-order valence-electron chi connectivity index (χ3n) is 1.46. The molecule has 0 aliphatic carbocycles. The maximum Gasteiger partial charge on any atom is 0.254 e. The van der Waals surface area contributed by atoms with E-state index in [1.807, 2.05) is 0 Å². The second kappa shape index (κ2) is 3.85. The van der Waals surface area contributed by atoms with Gasteiger partial charge in [-0.1, -0.05) is 18.2 Å². The molecule has 66 valence electrons. The molecular formula is C8H11O3P. The lowest BCUT2D eigenvalue weighted by atomic mass is 10.4. The van der Waals surface area contributed by atoms with Gasteiger partial charge in [0.2, 0.25) is 0 Å². The first-order valence-corrected chi connectivity index (χ1v) is 5.37. The molecule has 1 rings (SSSR count). The van der Waals surface area contributed by atoms with E-state index in [9.17, 15) is 9.46 Å². The van der Waals surface area contributed by atoms with Gasteiger partial charge < -0.3 is 9.63 Å². The summed E-state index contributed by atoms with van der Waals surface area (Å²) < 4.78 is 16.1. The van der Waals surface area contributed by atoms with Crippen LogP contribution in [-0.4, -0.2) is 18.4 Å². The first-order valence-electron chi connectivity index (χ1n) is 3.53. The molecule has 0 saturated heterocycles. The van der Waals surface area contributed by atoms with Crippen LogP contribution in [0.2, 0.25) is 0 Å². The fourth-order valence-electron chi connectivity index (χ4n) is 0.910. The summed E-state index contributed by atoms with van der Waals surface area (Å²) >= 11 is 0. The Bertz CT molecular complexity index is 284.